The van der Waals surface area contributed by atoms with Crippen LogP contribution in [-0.2, 0) is 11.0 Å². The molecule has 1 amide bonds. The molecule has 0 radical (unpaired) electrons. The van der Waals surface area contributed by atoms with Crippen LogP contribution in [0.15, 0.2) is 48.8 Å². The van der Waals surface area contributed by atoms with Gasteiger partial charge in [0.15, 0.2) is 0 Å². The van der Waals surface area contributed by atoms with Crippen molar-refractivity contribution in [2.75, 3.05) is 13.1 Å². The molecule has 144 valence electrons. The van der Waals surface area contributed by atoms with Crippen molar-refractivity contribution in [2.45, 2.75) is 12.3 Å². The van der Waals surface area contributed by atoms with E-state index >= 15 is 0 Å². The number of nitrogens with one attached hydrogen (secondary N) is 1. The van der Waals surface area contributed by atoms with E-state index in [0.29, 0.717) is 17.1 Å². The Hall–Kier alpha value is -3.36. The highest BCUT2D eigenvalue weighted by Crippen LogP contribution is 2.29. The number of rotatable bonds is 4. The first-order valence-electron chi connectivity index (χ1n) is 8.42. The predicted molar refractivity (Wildman–Crippen MR) is 92.9 cm³/mol. The number of alkyl halides is 3. The van der Waals surface area contributed by atoms with Crippen molar-refractivity contribution in [3.63, 3.8) is 0 Å². The summed E-state index contributed by atoms with van der Waals surface area (Å²) in [5, 5.41) is 0.670. The zero-order valence-electron chi connectivity index (χ0n) is 14.4. The first-order valence-corrected chi connectivity index (χ1v) is 8.42. The van der Waals surface area contributed by atoms with Gasteiger partial charge in [-0.05, 0) is 12.1 Å². The monoisotopic (exact) mass is 389 g/mol. The second kappa shape index (κ2) is 6.66. The van der Waals surface area contributed by atoms with Crippen molar-refractivity contribution in [1.29, 1.82) is 0 Å². The van der Waals surface area contributed by atoms with Gasteiger partial charge < -0.3 is 14.6 Å². The first kappa shape index (κ1) is 18.0. The molecule has 3 heterocycles. The second-order valence-corrected chi connectivity index (χ2v) is 6.41. The Morgan fingerprint density at radius 1 is 1.14 bits per heavy atom. The van der Waals surface area contributed by atoms with Crippen molar-refractivity contribution in [3.8, 4) is 5.88 Å². The number of likely N-dealkylation sites (tertiary alicyclic amines) is 1. The van der Waals surface area contributed by atoms with Crippen LogP contribution in [0.1, 0.15) is 15.9 Å². The Morgan fingerprint density at radius 3 is 2.57 bits per heavy atom. The molecule has 3 aromatic rings. The van der Waals surface area contributed by atoms with Gasteiger partial charge in [-0.15, -0.1) is 0 Å². The Kier molecular flexibility index (Phi) is 4.29. The number of hydrogen-bond donors (Lipinski definition) is 1. The van der Waals surface area contributed by atoms with Gasteiger partial charge in [-0.2, -0.15) is 13.2 Å². The van der Waals surface area contributed by atoms with E-state index in [9.17, 15) is 22.8 Å². The van der Waals surface area contributed by atoms with Crippen LogP contribution in [0.5, 0.6) is 5.88 Å². The summed E-state index contributed by atoms with van der Waals surface area (Å²) in [6.45, 7) is 0.325. The minimum absolute atomic E-state index is 0.0352. The number of aromatic amines is 1. The lowest BCUT2D eigenvalue weighted by Crippen LogP contribution is -2.57. The minimum atomic E-state index is -4.46. The predicted octanol–water partition coefficient (Wildman–Crippen LogP) is 3.05. The fourth-order valence-electron chi connectivity index (χ4n) is 2.99. The number of carbonyl (C=O) groups excluding carboxylic acids is 2. The van der Waals surface area contributed by atoms with Crippen molar-refractivity contribution in [2.24, 2.45) is 0 Å². The number of pyridine rings is 1. The number of Topliss-reactive ketones (excluding diaryl/α,β-unsaturated/α-hetero) is 1. The van der Waals surface area contributed by atoms with Crippen LogP contribution in [-0.4, -0.2) is 45.8 Å². The Balaban J connectivity index is 1.36. The fraction of sp³-hybridized carbons (Fsp3) is 0.211. The number of benzene rings is 1. The van der Waals surface area contributed by atoms with Gasteiger partial charge in [0.1, 0.15) is 6.10 Å². The first-order chi connectivity index (χ1) is 13.3. The molecule has 0 bridgehead atoms. The van der Waals surface area contributed by atoms with E-state index < -0.39 is 29.5 Å². The number of amides is 1. The van der Waals surface area contributed by atoms with Crippen LogP contribution >= 0.6 is 0 Å². The molecule has 28 heavy (non-hydrogen) atoms. The SMILES string of the molecule is O=C(C(=O)N1CC(Oc2ccc(C(F)(F)F)cn2)C1)c1c[nH]c2ccccc12. The van der Waals surface area contributed by atoms with Gasteiger partial charge in [-0.25, -0.2) is 4.98 Å². The molecule has 4 rings (SSSR count). The Bertz CT molecular complexity index is 1040. The molecule has 0 aliphatic carbocycles. The third kappa shape index (κ3) is 3.30. The van der Waals surface area contributed by atoms with Crippen molar-refractivity contribution in [3.05, 3.63) is 59.9 Å². The molecule has 1 aliphatic heterocycles. The van der Waals surface area contributed by atoms with Crippen LogP contribution in [0.3, 0.4) is 0 Å². The molecular formula is C19H14F3N3O3. The Morgan fingerprint density at radius 2 is 1.89 bits per heavy atom. The zero-order valence-corrected chi connectivity index (χ0v) is 14.4. The highest BCUT2D eigenvalue weighted by Gasteiger charge is 2.37. The van der Waals surface area contributed by atoms with Gasteiger partial charge >= 0.3 is 6.18 Å². The number of nitrogens with zero attached hydrogens (tertiary/aromatic N) is 2. The van der Waals surface area contributed by atoms with Crippen LogP contribution < -0.4 is 4.74 Å². The lowest BCUT2D eigenvalue weighted by molar-refractivity contribution is -0.138. The molecule has 1 saturated heterocycles. The number of ketones is 1. The average Bonchev–Trinajstić information content (AvgIpc) is 3.07. The van der Waals surface area contributed by atoms with E-state index in [1.165, 1.54) is 11.1 Å². The molecule has 0 spiro atoms. The van der Waals surface area contributed by atoms with Crippen LogP contribution in [0.2, 0.25) is 0 Å². The van der Waals surface area contributed by atoms with Gasteiger partial charge in [0.25, 0.3) is 11.7 Å². The van der Waals surface area contributed by atoms with Crippen LogP contribution in [0, 0.1) is 0 Å². The number of para-hydroxylation sites is 1. The van der Waals surface area contributed by atoms with E-state index in [2.05, 4.69) is 9.97 Å². The molecule has 0 atom stereocenters. The molecule has 0 unspecified atom stereocenters. The lowest BCUT2D eigenvalue weighted by Gasteiger charge is -2.38. The largest absolute Gasteiger partial charge is 0.471 e. The maximum absolute atomic E-state index is 12.5. The van der Waals surface area contributed by atoms with Crippen LogP contribution in [0.25, 0.3) is 10.9 Å². The third-order valence-electron chi connectivity index (χ3n) is 4.51. The molecule has 1 aromatic carbocycles. The second-order valence-electron chi connectivity index (χ2n) is 6.41. The topological polar surface area (TPSA) is 75.3 Å². The van der Waals surface area contributed by atoms with Crippen LogP contribution in [0.4, 0.5) is 13.2 Å². The number of carbonyl (C=O) groups is 2. The van der Waals surface area contributed by atoms with E-state index in [4.69, 9.17) is 4.74 Å². The summed E-state index contributed by atoms with van der Waals surface area (Å²) >= 11 is 0. The van der Waals surface area contributed by atoms with E-state index in [1.54, 1.807) is 18.2 Å². The molecule has 1 N–H and O–H groups in total. The Labute approximate surface area is 156 Å². The maximum atomic E-state index is 12.5. The van der Waals surface area contributed by atoms with E-state index in [0.717, 1.165) is 17.6 Å². The summed E-state index contributed by atoms with van der Waals surface area (Å²) in [6.07, 6.45) is -2.69. The molecule has 2 aromatic heterocycles. The summed E-state index contributed by atoms with van der Waals surface area (Å²) in [6, 6.07) is 9.17. The molecule has 0 saturated carbocycles. The minimum Gasteiger partial charge on any atom is -0.471 e. The van der Waals surface area contributed by atoms with Gasteiger partial charge in [0, 0.05) is 29.4 Å². The van der Waals surface area contributed by atoms with Crippen molar-refractivity contribution in [1.82, 2.24) is 14.9 Å². The van der Waals surface area contributed by atoms with Gasteiger partial charge in [0.05, 0.1) is 24.2 Å². The number of fused-ring (bicyclic) bond motifs is 1. The van der Waals surface area contributed by atoms with E-state index in [-0.39, 0.29) is 19.0 Å². The average molecular weight is 389 g/mol. The van der Waals surface area contributed by atoms with Gasteiger partial charge in [0.2, 0.25) is 5.88 Å². The quantitative estimate of drug-likeness (QED) is 0.550. The number of hydrogen-bond acceptors (Lipinski definition) is 4. The molecule has 1 fully saturated rings. The summed E-state index contributed by atoms with van der Waals surface area (Å²) in [5.41, 5.74) is 0.195. The van der Waals surface area contributed by atoms with E-state index in [1.807, 2.05) is 6.07 Å². The highest BCUT2D eigenvalue weighted by molar-refractivity contribution is 6.45. The highest BCUT2D eigenvalue weighted by atomic mass is 19.4. The van der Waals surface area contributed by atoms with Gasteiger partial charge in [-0.3, -0.25) is 9.59 Å². The normalized spacial score (nSPS) is 14.8. The summed E-state index contributed by atoms with van der Waals surface area (Å²) in [7, 11) is 0. The third-order valence-corrected chi connectivity index (χ3v) is 4.51. The number of aromatic nitrogens is 2. The van der Waals surface area contributed by atoms with Gasteiger partial charge in [-0.1, -0.05) is 18.2 Å². The number of halogens is 3. The smallest absolute Gasteiger partial charge is 0.417 e. The van der Waals surface area contributed by atoms with Crippen molar-refractivity contribution < 1.29 is 27.5 Å². The molecule has 9 heteroatoms. The lowest BCUT2D eigenvalue weighted by atomic mass is 10.1. The molecule has 1 aliphatic rings. The fourth-order valence-corrected chi connectivity index (χ4v) is 2.99. The molecule has 6 nitrogen and oxygen atoms in total. The number of ether oxygens (including phenoxy) is 1. The standard InChI is InChI=1S/C19H14F3N3O3/c20-19(21,22)11-5-6-16(24-7-11)28-12-9-25(10-12)18(27)17(26)14-8-23-15-4-2-1-3-13(14)15/h1-8,12,23H,9-10H2. The maximum Gasteiger partial charge on any atom is 0.417 e. The zero-order chi connectivity index (χ0) is 19.9. The number of H-pyrrole nitrogens is 1. The summed E-state index contributed by atoms with van der Waals surface area (Å²) in [4.78, 5) is 32.8. The van der Waals surface area contributed by atoms with Crippen molar-refractivity contribution >= 4 is 22.6 Å². The summed E-state index contributed by atoms with van der Waals surface area (Å²) < 4.78 is 43.0. The summed E-state index contributed by atoms with van der Waals surface area (Å²) in [5.74, 6) is -1.23. The molecular weight excluding hydrogens is 375 g/mol.